The summed E-state index contributed by atoms with van der Waals surface area (Å²) >= 11 is 0. The van der Waals surface area contributed by atoms with Crippen LogP contribution in [0.5, 0.6) is 0 Å². The summed E-state index contributed by atoms with van der Waals surface area (Å²) in [7, 11) is 1.45. The Labute approximate surface area is 96.2 Å². The Morgan fingerprint density at radius 1 is 1.25 bits per heavy atom. The molecule has 4 heteroatoms. The van der Waals surface area contributed by atoms with Gasteiger partial charge in [0.25, 0.3) is 0 Å². The average Bonchev–Trinajstić information content (AvgIpc) is 2.10. The summed E-state index contributed by atoms with van der Waals surface area (Å²) in [4.78, 5) is 12.0. The van der Waals surface area contributed by atoms with Crippen molar-refractivity contribution in [3.05, 3.63) is 0 Å². The third kappa shape index (κ3) is 1.47. The highest BCUT2D eigenvalue weighted by Gasteiger charge is 2.65. The lowest BCUT2D eigenvalue weighted by atomic mass is 9.57. The van der Waals surface area contributed by atoms with Gasteiger partial charge in [-0.25, -0.2) is 0 Å². The van der Waals surface area contributed by atoms with Gasteiger partial charge in [0.2, 0.25) is 0 Å². The smallest absolute Gasteiger partial charge is 0.317 e. The minimum atomic E-state index is -0.454. The highest BCUT2D eigenvalue weighted by molar-refractivity contribution is 5.79. The highest BCUT2D eigenvalue weighted by atomic mass is 16.6. The van der Waals surface area contributed by atoms with Gasteiger partial charge in [0.1, 0.15) is 5.41 Å². The first-order valence-corrected chi connectivity index (χ1v) is 5.80. The molecular weight excluding hydrogens is 208 g/mol. The first-order chi connectivity index (χ1) is 7.56. The molecule has 2 rings (SSSR count). The molecule has 0 amide bonds. The number of esters is 1. The van der Waals surface area contributed by atoms with E-state index < -0.39 is 5.41 Å². The van der Waals surface area contributed by atoms with E-state index in [2.05, 4.69) is 13.8 Å². The molecule has 0 spiro atoms. The lowest BCUT2D eigenvalue weighted by Crippen LogP contribution is -2.68. The summed E-state index contributed by atoms with van der Waals surface area (Å²) in [6.07, 6.45) is 0.992. The first-order valence-electron chi connectivity index (χ1n) is 5.80. The van der Waals surface area contributed by atoms with Crippen LogP contribution in [0.3, 0.4) is 0 Å². The van der Waals surface area contributed by atoms with Gasteiger partial charge >= 0.3 is 5.97 Å². The third-order valence-electron chi connectivity index (χ3n) is 3.84. The van der Waals surface area contributed by atoms with E-state index in [1.54, 1.807) is 0 Å². The van der Waals surface area contributed by atoms with Gasteiger partial charge in [-0.15, -0.1) is 0 Å². The summed E-state index contributed by atoms with van der Waals surface area (Å²) in [5.41, 5.74) is -0.517. The quantitative estimate of drug-likeness (QED) is 0.679. The fourth-order valence-electron chi connectivity index (χ4n) is 2.86. The molecule has 92 valence electrons. The molecule has 0 radical (unpaired) electrons. The summed E-state index contributed by atoms with van der Waals surface area (Å²) in [6, 6.07) is 0. The Kier molecular flexibility index (Phi) is 2.97. The van der Waals surface area contributed by atoms with Crippen molar-refractivity contribution < 1.29 is 19.0 Å². The second-order valence-electron chi connectivity index (χ2n) is 5.44. The standard InChI is InChI=1S/C12H20O4/c1-9(2)4-11(5-15-6-11)12(7-16-8-12)10(13)14-3/h9H,4-8H2,1-3H3. The molecule has 2 aliphatic heterocycles. The molecule has 0 atom stereocenters. The van der Waals surface area contributed by atoms with Crippen LogP contribution in [-0.2, 0) is 19.0 Å². The van der Waals surface area contributed by atoms with E-state index in [1.165, 1.54) is 7.11 Å². The van der Waals surface area contributed by atoms with Crippen molar-refractivity contribution in [3.8, 4) is 0 Å². The summed E-state index contributed by atoms with van der Waals surface area (Å²) in [5, 5.41) is 0. The van der Waals surface area contributed by atoms with Crippen LogP contribution in [0.25, 0.3) is 0 Å². The Hall–Kier alpha value is -0.610. The zero-order valence-electron chi connectivity index (χ0n) is 10.2. The molecule has 0 aromatic carbocycles. The van der Waals surface area contributed by atoms with Crippen molar-refractivity contribution in [1.29, 1.82) is 0 Å². The molecular formula is C12H20O4. The molecule has 2 saturated heterocycles. The number of carbonyl (C=O) groups excluding carboxylic acids is 1. The minimum Gasteiger partial charge on any atom is -0.468 e. The molecule has 0 unspecified atom stereocenters. The van der Waals surface area contributed by atoms with Crippen LogP contribution in [0, 0.1) is 16.7 Å². The molecule has 2 aliphatic rings. The molecule has 2 heterocycles. The number of ether oxygens (including phenoxy) is 3. The Morgan fingerprint density at radius 3 is 2.06 bits per heavy atom. The Bertz CT molecular complexity index is 277. The Balaban J connectivity index is 2.21. The fourth-order valence-corrected chi connectivity index (χ4v) is 2.86. The topological polar surface area (TPSA) is 44.8 Å². The number of methoxy groups -OCH3 is 1. The van der Waals surface area contributed by atoms with Crippen LogP contribution in [0.4, 0.5) is 0 Å². The van der Waals surface area contributed by atoms with Crippen molar-refractivity contribution in [2.24, 2.45) is 16.7 Å². The average molecular weight is 228 g/mol. The number of hydrogen-bond acceptors (Lipinski definition) is 4. The van der Waals surface area contributed by atoms with E-state index in [4.69, 9.17) is 14.2 Å². The van der Waals surface area contributed by atoms with Gasteiger partial charge in [0.15, 0.2) is 0 Å². The van der Waals surface area contributed by atoms with Gasteiger partial charge in [0.05, 0.1) is 33.5 Å². The van der Waals surface area contributed by atoms with Crippen molar-refractivity contribution in [2.45, 2.75) is 20.3 Å². The van der Waals surface area contributed by atoms with Crippen LogP contribution in [-0.4, -0.2) is 39.5 Å². The minimum absolute atomic E-state index is 0.0630. The largest absolute Gasteiger partial charge is 0.468 e. The second kappa shape index (κ2) is 4.00. The molecule has 0 N–H and O–H groups in total. The van der Waals surface area contributed by atoms with E-state index in [0.717, 1.165) is 6.42 Å². The summed E-state index contributed by atoms with van der Waals surface area (Å²) < 4.78 is 15.6. The lowest BCUT2D eigenvalue weighted by Gasteiger charge is -2.57. The molecule has 0 aliphatic carbocycles. The fraction of sp³-hybridized carbons (Fsp3) is 0.917. The maximum atomic E-state index is 12.0. The third-order valence-corrected chi connectivity index (χ3v) is 3.84. The van der Waals surface area contributed by atoms with Crippen molar-refractivity contribution in [2.75, 3.05) is 33.5 Å². The van der Waals surface area contributed by atoms with Crippen LogP contribution in [0.1, 0.15) is 20.3 Å². The van der Waals surface area contributed by atoms with Gasteiger partial charge in [-0.1, -0.05) is 13.8 Å². The second-order valence-corrected chi connectivity index (χ2v) is 5.44. The predicted octanol–water partition coefficient (Wildman–Crippen LogP) is 1.24. The van der Waals surface area contributed by atoms with Crippen LogP contribution < -0.4 is 0 Å². The normalized spacial score (nSPS) is 25.8. The maximum absolute atomic E-state index is 12.0. The van der Waals surface area contributed by atoms with E-state index >= 15 is 0 Å². The van der Waals surface area contributed by atoms with Crippen LogP contribution in [0.2, 0.25) is 0 Å². The van der Waals surface area contributed by atoms with E-state index in [1.807, 2.05) is 0 Å². The van der Waals surface area contributed by atoms with Gasteiger partial charge < -0.3 is 14.2 Å². The van der Waals surface area contributed by atoms with Gasteiger partial charge in [0, 0.05) is 5.41 Å². The Morgan fingerprint density at radius 2 is 1.81 bits per heavy atom. The van der Waals surface area contributed by atoms with E-state index in [-0.39, 0.29) is 11.4 Å². The molecule has 4 nitrogen and oxygen atoms in total. The van der Waals surface area contributed by atoms with Crippen molar-refractivity contribution in [3.63, 3.8) is 0 Å². The number of rotatable bonds is 4. The number of hydrogen-bond donors (Lipinski definition) is 0. The van der Waals surface area contributed by atoms with Crippen LogP contribution >= 0.6 is 0 Å². The summed E-state index contributed by atoms with van der Waals surface area (Å²) in [5.74, 6) is 0.411. The predicted molar refractivity (Wildman–Crippen MR) is 58.0 cm³/mol. The zero-order chi connectivity index (χ0) is 11.8. The molecule has 0 aromatic rings. The molecule has 0 aromatic heterocycles. The van der Waals surface area contributed by atoms with Gasteiger partial charge in [-0.2, -0.15) is 0 Å². The number of carbonyl (C=O) groups is 1. The molecule has 2 fully saturated rings. The molecule has 0 bridgehead atoms. The van der Waals surface area contributed by atoms with Gasteiger partial charge in [-0.05, 0) is 12.3 Å². The van der Waals surface area contributed by atoms with Gasteiger partial charge in [-0.3, -0.25) is 4.79 Å². The van der Waals surface area contributed by atoms with E-state index in [9.17, 15) is 4.79 Å². The highest BCUT2D eigenvalue weighted by Crippen LogP contribution is 2.54. The maximum Gasteiger partial charge on any atom is 0.317 e. The SMILES string of the molecule is COC(=O)C1(C2(CC(C)C)COC2)COC1. The lowest BCUT2D eigenvalue weighted by molar-refractivity contribution is -0.273. The zero-order valence-corrected chi connectivity index (χ0v) is 10.2. The van der Waals surface area contributed by atoms with Crippen molar-refractivity contribution >= 4 is 5.97 Å². The molecule has 0 saturated carbocycles. The first kappa shape index (κ1) is 11.9. The monoisotopic (exact) mass is 228 g/mol. The molecule has 16 heavy (non-hydrogen) atoms. The van der Waals surface area contributed by atoms with E-state index in [0.29, 0.717) is 32.3 Å². The van der Waals surface area contributed by atoms with Crippen LogP contribution in [0.15, 0.2) is 0 Å². The van der Waals surface area contributed by atoms with Crippen molar-refractivity contribution in [1.82, 2.24) is 0 Å². The summed E-state index contributed by atoms with van der Waals surface area (Å²) in [6.45, 7) is 6.62.